The fraction of sp³-hybridized carbons (Fsp3) is 0.385. The van der Waals surface area contributed by atoms with Gasteiger partial charge in [-0.1, -0.05) is 48.1 Å². The van der Waals surface area contributed by atoms with Gasteiger partial charge in [0.25, 0.3) is 0 Å². The highest BCUT2D eigenvalue weighted by molar-refractivity contribution is 5.77. The van der Waals surface area contributed by atoms with E-state index in [2.05, 4.69) is 11.9 Å². The summed E-state index contributed by atoms with van der Waals surface area (Å²) in [5.74, 6) is -3.87. The highest BCUT2D eigenvalue weighted by Crippen LogP contribution is 2.51. The van der Waals surface area contributed by atoms with Crippen molar-refractivity contribution in [3.63, 3.8) is 0 Å². The zero-order valence-corrected chi connectivity index (χ0v) is 17.4. The van der Waals surface area contributed by atoms with Crippen molar-refractivity contribution in [1.29, 1.82) is 0 Å². The molecule has 31 heavy (non-hydrogen) atoms. The van der Waals surface area contributed by atoms with Gasteiger partial charge in [-0.3, -0.25) is 0 Å². The zero-order valence-electron chi connectivity index (χ0n) is 17.4. The largest absolute Gasteiger partial charge is 0.300 e. The van der Waals surface area contributed by atoms with Crippen LogP contribution in [0, 0.1) is 23.4 Å². The van der Waals surface area contributed by atoms with Gasteiger partial charge in [-0.2, -0.15) is 0 Å². The molecule has 3 aliphatic rings. The van der Waals surface area contributed by atoms with E-state index < -0.39 is 23.1 Å². The predicted octanol–water partition coefficient (Wildman–Crippen LogP) is 6.56. The van der Waals surface area contributed by atoms with Gasteiger partial charge in [0.2, 0.25) is 0 Å². The van der Waals surface area contributed by atoms with E-state index in [-0.39, 0.29) is 17.6 Å². The van der Waals surface area contributed by atoms with Crippen LogP contribution in [0.25, 0.3) is 5.57 Å². The van der Waals surface area contributed by atoms with Crippen LogP contribution in [0.3, 0.4) is 0 Å². The molecule has 0 saturated carbocycles. The summed E-state index contributed by atoms with van der Waals surface area (Å²) in [6.45, 7) is 0. The molecule has 1 aliphatic carbocycles. The Morgan fingerprint density at radius 2 is 1.52 bits per heavy atom. The summed E-state index contributed by atoms with van der Waals surface area (Å²) >= 11 is 0. The van der Waals surface area contributed by atoms with Crippen LogP contribution in [0.5, 0.6) is 0 Å². The van der Waals surface area contributed by atoms with Crippen LogP contribution in [0.4, 0.5) is 17.6 Å². The first-order valence-corrected chi connectivity index (χ1v) is 10.9. The Labute approximate surface area is 180 Å². The second-order valence-corrected chi connectivity index (χ2v) is 9.14. The standard InChI is InChI=1S/C26H25F4N/c1-31-20-8-9-21(31)12-17(11-20)16-7-10-22(18-13-23(27)25(29)24(28)14-18)26(30,15-16)19-5-3-2-4-6-19/h2-7,10,13-14,17,20-21H,8-9,11-12,15H2,1H3. The van der Waals surface area contributed by atoms with Gasteiger partial charge in [-0.05, 0) is 61.9 Å². The minimum Gasteiger partial charge on any atom is -0.300 e. The summed E-state index contributed by atoms with van der Waals surface area (Å²) in [4.78, 5) is 2.45. The topological polar surface area (TPSA) is 3.24 Å². The second kappa shape index (κ2) is 7.63. The van der Waals surface area contributed by atoms with Crippen LogP contribution in [0.2, 0.25) is 0 Å². The second-order valence-electron chi connectivity index (χ2n) is 9.14. The van der Waals surface area contributed by atoms with Gasteiger partial charge >= 0.3 is 0 Å². The molecule has 2 fully saturated rings. The molecule has 1 nitrogen and oxygen atoms in total. The average Bonchev–Trinajstić information content (AvgIpc) is 2.97. The maximum Gasteiger partial charge on any atom is 0.194 e. The molecule has 0 N–H and O–H groups in total. The molecule has 2 aliphatic heterocycles. The first kappa shape index (κ1) is 20.5. The molecule has 3 unspecified atom stereocenters. The molecule has 0 aromatic heterocycles. The van der Waals surface area contributed by atoms with Gasteiger partial charge in [0.1, 0.15) is 0 Å². The zero-order chi connectivity index (χ0) is 21.8. The van der Waals surface area contributed by atoms with Crippen molar-refractivity contribution >= 4 is 5.57 Å². The van der Waals surface area contributed by atoms with Crippen molar-refractivity contribution in [1.82, 2.24) is 4.90 Å². The Balaban J connectivity index is 1.58. The third-order valence-electron chi connectivity index (χ3n) is 7.49. The molecule has 3 atom stereocenters. The molecular formula is C26H25F4N. The quantitative estimate of drug-likeness (QED) is 0.396. The normalized spacial score (nSPS) is 30.8. The minimum absolute atomic E-state index is 0.0292. The molecule has 0 spiro atoms. The number of benzene rings is 2. The number of fused-ring (bicyclic) bond motifs is 2. The molecule has 5 rings (SSSR count). The SMILES string of the molecule is CN1C2CCC1CC(C1=CC=C(c3cc(F)c(F)c(F)c3)C(F)(c3ccccc3)C1)C2. The number of hydrogen-bond acceptors (Lipinski definition) is 1. The summed E-state index contributed by atoms with van der Waals surface area (Å²) in [6.07, 6.45) is 8.07. The number of allylic oxidation sites excluding steroid dienone is 4. The maximum atomic E-state index is 16.9. The van der Waals surface area contributed by atoms with E-state index in [1.807, 2.05) is 12.1 Å². The summed E-state index contributed by atoms with van der Waals surface area (Å²) < 4.78 is 58.3. The predicted molar refractivity (Wildman–Crippen MR) is 114 cm³/mol. The lowest BCUT2D eigenvalue weighted by Crippen LogP contribution is -2.41. The Bertz CT molecular complexity index is 1020. The minimum atomic E-state index is -1.94. The van der Waals surface area contributed by atoms with Crippen LogP contribution in [0.15, 0.2) is 60.2 Å². The summed E-state index contributed by atoms with van der Waals surface area (Å²) in [6, 6.07) is 11.6. The lowest BCUT2D eigenvalue weighted by Gasteiger charge is -2.40. The monoisotopic (exact) mass is 427 g/mol. The Kier molecular flexibility index (Phi) is 5.04. The smallest absolute Gasteiger partial charge is 0.194 e. The van der Waals surface area contributed by atoms with Crippen LogP contribution >= 0.6 is 0 Å². The molecule has 2 aromatic carbocycles. The number of halogens is 4. The van der Waals surface area contributed by atoms with Crippen LogP contribution in [-0.4, -0.2) is 24.0 Å². The van der Waals surface area contributed by atoms with Crippen LogP contribution in [0.1, 0.15) is 43.2 Å². The molecule has 2 aromatic rings. The highest BCUT2D eigenvalue weighted by Gasteiger charge is 2.45. The Morgan fingerprint density at radius 1 is 0.903 bits per heavy atom. The Morgan fingerprint density at radius 3 is 2.13 bits per heavy atom. The Hall–Kier alpha value is -2.40. The van der Waals surface area contributed by atoms with Crippen molar-refractivity contribution in [3.8, 4) is 0 Å². The number of rotatable bonds is 3. The fourth-order valence-corrected chi connectivity index (χ4v) is 5.75. The van der Waals surface area contributed by atoms with Gasteiger partial charge in [-0.15, -0.1) is 0 Å². The number of hydrogen-bond donors (Lipinski definition) is 0. The third-order valence-corrected chi connectivity index (χ3v) is 7.49. The molecule has 2 bridgehead atoms. The molecule has 0 amide bonds. The summed E-state index contributed by atoms with van der Waals surface area (Å²) in [5.41, 5.74) is -0.265. The molecule has 2 saturated heterocycles. The van der Waals surface area contributed by atoms with E-state index in [9.17, 15) is 13.2 Å². The van der Waals surface area contributed by atoms with E-state index in [4.69, 9.17) is 0 Å². The van der Waals surface area contributed by atoms with Crippen molar-refractivity contribution in [2.75, 3.05) is 7.05 Å². The summed E-state index contributed by atoms with van der Waals surface area (Å²) in [5, 5.41) is 0. The third kappa shape index (κ3) is 3.43. The molecule has 5 heteroatoms. The highest BCUT2D eigenvalue weighted by atomic mass is 19.2. The average molecular weight is 427 g/mol. The van der Waals surface area contributed by atoms with Gasteiger partial charge in [-0.25, -0.2) is 17.6 Å². The van der Waals surface area contributed by atoms with Crippen molar-refractivity contribution in [3.05, 3.63) is 88.8 Å². The van der Waals surface area contributed by atoms with Crippen LogP contribution < -0.4 is 0 Å². The maximum absolute atomic E-state index is 16.9. The number of nitrogens with zero attached hydrogens (tertiary/aromatic N) is 1. The number of alkyl halides is 1. The van der Waals surface area contributed by atoms with E-state index in [0.29, 0.717) is 23.6 Å². The van der Waals surface area contributed by atoms with Crippen LogP contribution in [-0.2, 0) is 5.67 Å². The fourth-order valence-electron chi connectivity index (χ4n) is 5.75. The van der Waals surface area contributed by atoms with Gasteiger partial charge in [0.15, 0.2) is 23.1 Å². The van der Waals surface area contributed by atoms with Crippen molar-refractivity contribution < 1.29 is 17.6 Å². The lowest BCUT2D eigenvalue weighted by molar-refractivity contribution is 0.140. The van der Waals surface area contributed by atoms with Gasteiger partial charge in [0.05, 0.1) is 0 Å². The first-order chi connectivity index (χ1) is 14.9. The molecule has 162 valence electrons. The van der Waals surface area contributed by atoms with E-state index in [0.717, 1.165) is 30.5 Å². The molecule has 0 radical (unpaired) electrons. The van der Waals surface area contributed by atoms with Crippen molar-refractivity contribution in [2.45, 2.75) is 49.9 Å². The van der Waals surface area contributed by atoms with Gasteiger partial charge < -0.3 is 4.90 Å². The van der Waals surface area contributed by atoms with E-state index in [1.54, 1.807) is 30.3 Å². The number of piperidine rings is 1. The van der Waals surface area contributed by atoms with E-state index in [1.165, 1.54) is 12.8 Å². The van der Waals surface area contributed by atoms with Gasteiger partial charge in [0, 0.05) is 24.1 Å². The van der Waals surface area contributed by atoms with Crippen molar-refractivity contribution in [2.24, 2.45) is 5.92 Å². The summed E-state index contributed by atoms with van der Waals surface area (Å²) in [7, 11) is 2.17. The molecular weight excluding hydrogens is 402 g/mol. The lowest BCUT2D eigenvalue weighted by atomic mass is 9.71. The first-order valence-electron chi connectivity index (χ1n) is 10.9. The molecule has 2 heterocycles. The van der Waals surface area contributed by atoms with E-state index >= 15 is 4.39 Å².